The molecule has 0 spiro atoms. The molecular weight excluding hydrogens is 329 g/mol. The van der Waals surface area contributed by atoms with Crippen molar-refractivity contribution in [2.24, 2.45) is 0 Å². The zero-order valence-electron chi connectivity index (χ0n) is 14.3. The number of pyridine rings is 1. The lowest BCUT2D eigenvalue weighted by atomic mass is 10.1. The highest BCUT2D eigenvalue weighted by Crippen LogP contribution is 2.33. The first-order valence-electron chi connectivity index (χ1n) is 8.52. The Kier molecular flexibility index (Phi) is 4.13. The summed E-state index contributed by atoms with van der Waals surface area (Å²) >= 11 is 0. The lowest BCUT2D eigenvalue weighted by Gasteiger charge is -2.22. The monoisotopic (exact) mass is 347 g/mol. The number of hydrogen-bond donors (Lipinski definition) is 1. The maximum Gasteiger partial charge on any atom is 0.277 e. The number of aromatic nitrogens is 1. The van der Waals surface area contributed by atoms with Crippen LogP contribution in [0, 0.1) is 5.82 Å². The van der Waals surface area contributed by atoms with Crippen molar-refractivity contribution in [1.82, 2.24) is 4.98 Å². The van der Waals surface area contributed by atoms with Gasteiger partial charge in [-0.3, -0.25) is 9.78 Å². The van der Waals surface area contributed by atoms with E-state index in [0.717, 1.165) is 23.5 Å². The third-order valence-electron chi connectivity index (χ3n) is 4.54. The highest BCUT2D eigenvalue weighted by molar-refractivity contribution is 6.07. The number of carbonyl (C=O) groups is 1. The number of rotatable bonds is 3. The predicted molar refractivity (Wildman–Crippen MR) is 100 cm³/mol. The van der Waals surface area contributed by atoms with Gasteiger partial charge in [0.25, 0.3) is 5.91 Å². The van der Waals surface area contributed by atoms with Crippen molar-refractivity contribution in [3.05, 3.63) is 83.9 Å². The molecule has 3 aromatic rings. The van der Waals surface area contributed by atoms with Crippen molar-refractivity contribution in [1.29, 1.82) is 0 Å². The van der Waals surface area contributed by atoms with Crippen LogP contribution >= 0.6 is 0 Å². The van der Waals surface area contributed by atoms with E-state index in [1.807, 2.05) is 25.1 Å². The van der Waals surface area contributed by atoms with Gasteiger partial charge in [0.1, 0.15) is 11.5 Å². The zero-order chi connectivity index (χ0) is 18.1. The smallest absolute Gasteiger partial charge is 0.277 e. The molecule has 0 saturated carbocycles. The summed E-state index contributed by atoms with van der Waals surface area (Å²) in [6.07, 6.45) is 2.45. The zero-order valence-corrected chi connectivity index (χ0v) is 14.3. The van der Waals surface area contributed by atoms with Crippen LogP contribution < -0.4 is 10.2 Å². The van der Waals surface area contributed by atoms with Crippen LogP contribution in [0.1, 0.15) is 23.0 Å². The Morgan fingerprint density at radius 1 is 1.12 bits per heavy atom. The summed E-state index contributed by atoms with van der Waals surface area (Å²) in [5.41, 5.74) is 3.98. The predicted octanol–water partition coefficient (Wildman–Crippen LogP) is 4.56. The van der Waals surface area contributed by atoms with Crippen LogP contribution in [0.4, 0.5) is 21.5 Å². The molecule has 0 saturated heterocycles. The lowest BCUT2D eigenvalue weighted by molar-refractivity contribution is 0.0976. The van der Waals surface area contributed by atoms with Crippen molar-refractivity contribution >= 4 is 23.0 Å². The van der Waals surface area contributed by atoms with E-state index in [1.54, 1.807) is 35.4 Å². The molecule has 1 amide bonds. The minimum Gasteiger partial charge on any atom is -0.355 e. The maximum atomic E-state index is 13.1. The van der Waals surface area contributed by atoms with Gasteiger partial charge in [-0.05, 0) is 61.4 Å². The molecule has 1 atom stereocenters. The largest absolute Gasteiger partial charge is 0.355 e. The van der Waals surface area contributed by atoms with Gasteiger partial charge in [-0.15, -0.1) is 0 Å². The van der Waals surface area contributed by atoms with E-state index in [4.69, 9.17) is 0 Å². The molecule has 130 valence electrons. The number of amides is 1. The molecule has 2 heterocycles. The van der Waals surface area contributed by atoms with Gasteiger partial charge >= 0.3 is 0 Å². The van der Waals surface area contributed by atoms with Gasteiger partial charge in [-0.25, -0.2) is 4.39 Å². The average Bonchev–Trinajstić information content (AvgIpc) is 2.99. The van der Waals surface area contributed by atoms with E-state index >= 15 is 0 Å². The first-order chi connectivity index (χ1) is 12.6. The van der Waals surface area contributed by atoms with Crippen LogP contribution in [0.3, 0.4) is 0 Å². The number of anilines is 3. The Bertz CT molecular complexity index is 955. The second kappa shape index (κ2) is 6.59. The van der Waals surface area contributed by atoms with E-state index in [0.29, 0.717) is 5.69 Å². The number of benzene rings is 2. The number of para-hydroxylation sites is 1. The SMILES string of the molecule is CC1Cc2ccccc2N1C(=O)c1cc(Nc2ccc(F)cc2)ccn1. The molecule has 0 fully saturated rings. The molecule has 4 rings (SSSR count). The van der Waals surface area contributed by atoms with Gasteiger partial charge in [0.05, 0.1) is 0 Å². The summed E-state index contributed by atoms with van der Waals surface area (Å²) in [7, 11) is 0. The molecule has 4 nitrogen and oxygen atoms in total. The Morgan fingerprint density at radius 2 is 1.88 bits per heavy atom. The van der Waals surface area contributed by atoms with Gasteiger partial charge < -0.3 is 10.2 Å². The highest BCUT2D eigenvalue weighted by atomic mass is 19.1. The minimum atomic E-state index is -0.289. The van der Waals surface area contributed by atoms with Crippen molar-refractivity contribution in [3.8, 4) is 0 Å². The fourth-order valence-corrected chi connectivity index (χ4v) is 3.32. The van der Waals surface area contributed by atoms with Gasteiger partial charge in [0, 0.05) is 29.3 Å². The number of halogens is 1. The molecule has 0 aliphatic carbocycles. The lowest BCUT2D eigenvalue weighted by Crippen LogP contribution is -2.36. The number of nitrogens with zero attached hydrogens (tertiary/aromatic N) is 2. The molecule has 1 aliphatic rings. The van der Waals surface area contributed by atoms with E-state index in [1.165, 1.54) is 17.7 Å². The van der Waals surface area contributed by atoms with Crippen molar-refractivity contribution in [2.75, 3.05) is 10.2 Å². The summed E-state index contributed by atoms with van der Waals surface area (Å²) in [5.74, 6) is -0.409. The molecule has 0 bridgehead atoms. The Balaban J connectivity index is 1.60. The number of carbonyl (C=O) groups excluding carboxylic acids is 1. The second-order valence-corrected chi connectivity index (χ2v) is 6.42. The van der Waals surface area contributed by atoms with Crippen LogP contribution in [0.15, 0.2) is 66.9 Å². The van der Waals surface area contributed by atoms with E-state index in [-0.39, 0.29) is 17.8 Å². The summed E-state index contributed by atoms with van der Waals surface area (Å²) in [4.78, 5) is 19.1. The molecule has 26 heavy (non-hydrogen) atoms. The normalized spacial score (nSPS) is 15.6. The van der Waals surface area contributed by atoms with Gasteiger partial charge in [-0.2, -0.15) is 0 Å². The first kappa shape index (κ1) is 16.3. The van der Waals surface area contributed by atoms with Crippen LogP contribution in [0.5, 0.6) is 0 Å². The standard InChI is InChI=1S/C21H18FN3O/c1-14-12-15-4-2-3-5-20(15)25(14)21(26)19-13-18(10-11-23-19)24-17-8-6-16(22)7-9-17/h2-11,13-14H,12H2,1H3,(H,23,24). The number of hydrogen-bond acceptors (Lipinski definition) is 3. The fraction of sp³-hybridized carbons (Fsp3) is 0.143. The summed E-state index contributed by atoms with van der Waals surface area (Å²) in [5, 5.41) is 3.17. The minimum absolute atomic E-state index is 0.0930. The number of nitrogens with one attached hydrogen (secondary N) is 1. The Morgan fingerprint density at radius 3 is 2.69 bits per heavy atom. The Hall–Kier alpha value is -3.21. The van der Waals surface area contributed by atoms with E-state index in [2.05, 4.69) is 16.4 Å². The third kappa shape index (κ3) is 3.04. The van der Waals surface area contributed by atoms with Crippen LogP contribution in [-0.2, 0) is 6.42 Å². The molecule has 1 aliphatic heterocycles. The third-order valence-corrected chi connectivity index (χ3v) is 4.54. The van der Waals surface area contributed by atoms with Gasteiger partial charge in [-0.1, -0.05) is 18.2 Å². The molecule has 0 radical (unpaired) electrons. The molecule has 1 unspecified atom stereocenters. The number of fused-ring (bicyclic) bond motifs is 1. The topological polar surface area (TPSA) is 45.2 Å². The molecule has 1 aromatic heterocycles. The highest BCUT2D eigenvalue weighted by Gasteiger charge is 2.31. The summed E-state index contributed by atoms with van der Waals surface area (Å²) in [6, 6.07) is 17.6. The average molecular weight is 347 g/mol. The quantitative estimate of drug-likeness (QED) is 0.756. The second-order valence-electron chi connectivity index (χ2n) is 6.42. The molecule has 1 N–H and O–H groups in total. The van der Waals surface area contributed by atoms with Crippen LogP contribution in [0.25, 0.3) is 0 Å². The molecule has 2 aromatic carbocycles. The Labute approximate surface area is 151 Å². The van der Waals surface area contributed by atoms with Crippen LogP contribution in [0.2, 0.25) is 0 Å². The summed E-state index contributed by atoms with van der Waals surface area (Å²) in [6.45, 7) is 2.04. The molecular formula is C21H18FN3O. The van der Waals surface area contributed by atoms with E-state index < -0.39 is 0 Å². The van der Waals surface area contributed by atoms with Crippen molar-refractivity contribution < 1.29 is 9.18 Å². The first-order valence-corrected chi connectivity index (χ1v) is 8.52. The van der Waals surface area contributed by atoms with E-state index in [9.17, 15) is 9.18 Å². The summed E-state index contributed by atoms with van der Waals surface area (Å²) < 4.78 is 13.0. The molecule has 5 heteroatoms. The maximum absolute atomic E-state index is 13.1. The van der Waals surface area contributed by atoms with Crippen molar-refractivity contribution in [3.63, 3.8) is 0 Å². The van der Waals surface area contributed by atoms with Gasteiger partial charge in [0.2, 0.25) is 0 Å². The van der Waals surface area contributed by atoms with Crippen LogP contribution in [-0.4, -0.2) is 16.9 Å². The fourth-order valence-electron chi connectivity index (χ4n) is 3.32. The van der Waals surface area contributed by atoms with Gasteiger partial charge in [0.15, 0.2) is 0 Å². The van der Waals surface area contributed by atoms with Crippen molar-refractivity contribution in [2.45, 2.75) is 19.4 Å².